The molecule has 6 heteroatoms. The van der Waals surface area contributed by atoms with E-state index < -0.39 is 0 Å². The molecule has 2 fully saturated rings. The average Bonchev–Trinajstić information content (AvgIpc) is 3.10. The summed E-state index contributed by atoms with van der Waals surface area (Å²) in [5, 5.41) is 3.34. The molecule has 0 saturated carbocycles. The maximum atomic E-state index is 13.4. The predicted molar refractivity (Wildman–Crippen MR) is 88.4 cm³/mol. The third-order valence-electron chi connectivity index (χ3n) is 4.51. The van der Waals surface area contributed by atoms with E-state index in [1.165, 1.54) is 6.07 Å². The van der Waals surface area contributed by atoms with Crippen LogP contribution in [0.5, 0.6) is 0 Å². The highest BCUT2D eigenvalue weighted by molar-refractivity contribution is 9.10. The van der Waals surface area contributed by atoms with Gasteiger partial charge in [0.2, 0.25) is 0 Å². The van der Waals surface area contributed by atoms with E-state index in [2.05, 4.69) is 31.1 Å². The van der Waals surface area contributed by atoms with Crippen LogP contribution >= 0.6 is 15.9 Å². The van der Waals surface area contributed by atoms with Gasteiger partial charge in [0.1, 0.15) is 5.82 Å². The Labute approximate surface area is 138 Å². The van der Waals surface area contributed by atoms with Crippen LogP contribution in [-0.4, -0.2) is 44.2 Å². The van der Waals surface area contributed by atoms with Crippen LogP contribution < -0.4 is 5.32 Å². The zero-order valence-electron chi connectivity index (χ0n) is 12.7. The van der Waals surface area contributed by atoms with Crippen LogP contribution in [-0.2, 0) is 11.3 Å². The standard InChI is InChI=1S/C16H21BrFN3O/c1-19-15(20-9-12-6-13(17)8-14(18)7-12)21-4-2-16(10-21)3-5-22-11-16/h6-8H,2-5,9-11H2,1H3,(H,19,20). The highest BCUT2D eigenvalue weighted by Crippen LogP contribution is 2.38. The molecule has 4 nitrogen and oxygen atoms in total. The summed E-state index contributed by atoms with van der Waals surface area (Å²) in [7, 11) is 1.79. The van der Waals surface area contributed by atoms with Gasteiger partial charge in [0.15, 0.2) is 5.96 Å². The molecular formula is C16H21BrFN3O. The number of likely N-dealkylation sites (tertiary alicyclic amines) is 1. The molecule has 2 aliphatic rings. The summed E-state index contributed by atoms with van der Waals surface area (Å²) in [6.45, 7) is 4.27. The van der Waals surface area contributed by atoms with E-state index in [1.807, 2.05) is 6.07 Å². The van der Waals surface area contributed by atoms with Gasteiger partial charge in [-0.05, 0) is 36.6 Å². The second-order valence-corrected chi connectivity index (χ2v) is 7.07. The zero-order chi connectivity index (χ0) is 15.6. The molecule has 2 heterocycles. The van der Waals surface area contributed by atoms with Crippen LogP contribution in [0, 0.1) is 11.2 Å². The number of hydrogen-bond acceptors (Lipinski definition) is 2. The summed E-state index contributed by atoms with van der Waals surface area (Å²) >= 11 is 3.32. The maximum absolute atomic E-state index is 13.4. The third-order valence-corrected chi connectivity index (χ3v) is 4.97. The van der Waals surface area contributed by atoms with Crippen molar-refractivity contribution in [3.8, 4) is 0 Å². The van der Waals surface area contributed by atoms with Crippen LogP contribution in [0.3, 0.4) is 0 Å². The maximum Gasteiger partial charge on any atom is 0.193 e. The van der Waals surface area contributed by atoms with Gasteiger partial charge in [0.05, 0.1) is 6.61 Å². The predicted octanol–water partition coefficient (Wildman–Crippen LogP) is 2.78. The lowest BCUT2D eigenvalue weighted by molar-refractivity contribution is 0.156. The van der Waals surface area contributed by atoms with Crippen molar-refractivity contribution >= 4 is 21.9 Å². The molecule has 22 heavy (non-hydrogen) atoms. The molecule has 120 valence electrons. The molecule has 3 rings (SSSR count). The number of nitrogens with one attached hydrogen (secondary N) is 1. The van der Waals surface area contributed by atoms with Gasteiger partial charge in [-0.3, -0.25) is 4.99 Å². The molecule has 1 aromatic rings. The van der Waals surface area contributed by atoms with Crippen molar-refractivity contribution in [2.24, 2.45) is 10.4 Å². The molecule has 0 bridgehead atoms. The van der Waals surface area contributed by atoms with Crippen molar-refractivity contribution in [1.29, 1.82) is 0 Å². The molecule has 0 aromatic heterocycles. The number of aliphatic imine (C=N–C) groups is 1. The minimum atomic E-state index is -0.232. The molecule has 1 N–H and O–H groups in total. The summed E-state index contributed by atoms with van der Waals surface area (Å²) in [5.74, 6) is 0.647. The van der Waals surface area contributed by atoms with Gasteiger partial charge < -0.3 is 15.0 Å². The fourth-order valence-electron chi connectivity index (χ4n) is 3.31. The molecule has 0 radical (unpaired) electrons. The largest absolute Gasteiger partial charge is 0.381 e. The Hall–Kier alpha value is -1.14. The topological polar surface area (TPSA) is 36.9 Å². The van der Waals surface area contributed by atoms with E-state index in [-0.39, 0.29) is 5.82 Å². The Morgan fingerprint density at radius 3 is 3.00 bits per heavy atom. The van der Waals surface area contributed by atoms with Crippen molar-refractivity contribution in [3.63, 3.8) is 0 Å². The SMILES string of the molecule is CN=C(NCc1cc(F)cc(Br)c1)N1CCC2(CCOC2)C1. The van der Waals surface area contributed by atoms with E-state index in [4.69, 9.17) is 4.74 Å². The Morgan fingerprint density at radius 1 is 1.45 bits per heavy atom. The summed E-state index contributed by atoms with van der Waals surface area (Å²) in [6, 6.07) is 4.92. The fraction of sp³-hybridized carbons (Fsp3) is 0.562. The van der Waals surface area contributed by atoms with Crippen LogP contribution in [0.2, 0.25) is 0 Å². The molecule has 1 unspecified atom stereocenters. The van der Waals surface area contributed by atoms with Crippen LogP contribution in [0.15, 0.2) is 27.7 Å². The second kappa shape index (κ2) is 6.54. The van der Waals surface area contributed by atoms with Gasteiger partial charge in [0.25, 0.3) is 0 Å². The van der Waals surface area contributed by atoms with E-state index in [0.717, 1.165) is 55.1 Å². The minimum Gasteiger partial charge on any atom is -0.381 e. The molecule has 2 aliphatic heterocycles. The molecule has 1 atom stereocenters. The Morgan fingerprint density at radius 2 is 2.32 bits per heavy atom. The first kappa shape index (κ1) is 15.7. The lowest BCUT2D eigenvalue weighted by Gasteiger charge is -2.25. The van der Waals surface area contributed by atoms with Gasteiger partial charge >= 0.3 is 0 Å². The number of hydrogen-bond donors (Lipinski definition) is 1. The lowest BCUT2D eigenvalue weighted by atomic mass is 9.87. The molecular weight excluding hydrogens is 349 g/mol. The highest BCUT2D eigenvalue weighted by Gasteiger charge is 2.42. The smallest absolute Gasteiger partial charge is 0.193 e. The van der Waals surface area contributed by atoms with Gasteiger partial charge in [-0.1, -0.05) is 15.9 Å². The quantitative estimate of drug-likeness (QED) is 0.643. The van der Waals surface area contributed by atoms with Crippen LogP contribution in [0.4, 0.5) is 4.39 Å². The van der Waals surface area contributed by atoms with Crippen molar-refractivity contribution in [3.05, 3.63) is 34.1 Å². The minimum absolute atomic E-state index is 0.232. The summed E-state index contributed by atoms with van der Waals surface area (Å²) in [6.07, 6.45) is 2.29. The summed E-state index contributed by atoms with van der Waals surface area (Å²) in [5.41, 5.74) is 1.20. The third kappa shape index (κ3) is 3.43. The highest BCUT2D eigenvalue weighted by atomic mass is 79.9. The van der Waals surface area contributed by atoms with Gasteiger partial charge in [-0.2, -0.15) is 0 Å². The van der Waals surface area contributed by atoms with Gasteiger partial charge in [0, 0.05) is 43.2 Å². The van der Waals surface area contributed by atoms with Crippen LogP contribution in [0.25, 0.3) is 0 Å². The Kier molecular flexibility index (Phi) is 4.68. The van der Waals surface area contributed by atoms with E-state index in [0.29, 0.717) is 12.0 Å². The monoisotopic (exact) mass is 369 g/mol. The second-order valence-electron chi connectivity index (χ2n) is 6.15. The Bertz CT molecular complexity index is 552. The number of rotatable bonds is 2. The number of nitrogens with zero attached hydrogens (tertiary/aromatic N) is 2. The van der Waals surface area contributed by atoms with Crippen molar-refractivity contribution < 1.29 is 9.13 Å². The normalized spacial score (nSPS) is 25.2. The van der Waals surface area contributed by atoms with E-state index in [9.17, 15) is 4.39 Å². The number of halogens is 2. The average molecular weight is 370 g/mol. The van der Waals surface area contributed by atoms with Crippen molar-refractivity contribution in [1.82, 2.24) is 10.2 Å². The summed E-state index contributed by atoms with van der Waals surface area (Å²) < 4.78 is 19.7. The first-order valence-corrected chi connectivity index (χ1v) is 8.38. The summed E-state index contributed by atoms with van der Waals surface area (Å²) in [4.78, 5) is 6.65. The Balaban J connectivity index is 1.61. The fourth-order valence-corrected chi connectivity index (χ4v) is 3.83. The lowest BCUT2D eigenvalue weighted by Crippen LogP contribution is -2.41. The van der Waals surface area contributed by atoms with Crippen molar-refractivity contribution in [2.45, 2.75) is 19.4 Å². The molecule has 0 amide bonds. The molecule has 1 spiro atoms. The first-order valence-electron chi connectivity index (χ1n) is 7.59. The first-order chi connectivity index (χ1) is 10.6. The van der Waals surface area contributed by atoms with E-state index in [1.54, 1.807) is 13.1 Å². The van der Waals surface area contributed by atoms with Gasteiger partial charge in [-0.25, -0.2) is 4.39 Å². The number of benzene rings is 1. The number of guanidine groups is 1. The van der Waals surface area contributed by atoms with Gasteiger partial charge in [-0.15, -0.1) is 0 Å². The van der Waals surface area contributed by atoms with E-state index >= 15 is 0 Å². The molecule has 1 aromatic carbocycles. The number of ether oxygens (including phenoxy) is 1. The molecule has 0 aliphatic carbocycles. The van der Waals surface area contributed by atoms with Crippen molar-refractivity contribution in [2.75, 3.05) is 33.4 Å². The van der Waals surface area contributed by atoms with Crippen LogP contribution in [0.1, 0.15) is 18.4 Å². The molecule has 2 saturated heterocycles. The zero-order valence-corrected chi connectivity index (χ0v) is 14.3.